The van der Waals surface area contributed by atoms with Gasteiger partial charge in [0.1, 0.15) is 17.5 Å². The van der Waals surface area contributed by atoms with Crippen molar-refractivity contribution in [2.75, 3.05) is 32.1 Å². The van der Waals surface area contributed by atoms with Crippen molar-refractivity contribution in [2.24, 2.45) is 5.92 Å². The molecule has 3 rings (SSSR count). The van der Waals surface area contributed by atoms with Gasteiger partial charge in [-0.2, -0.15) is 0 Å². The first kappa shape index (κ1) is 19.3. The van der Waals surface area contributed by atoms with Gasteiger partial charge in [-0.25, -0.2) is 14.4 Å². The molecule has 0 atom stereocenters. The van der Waals surface area contributed by atoms with E-state index in [0.717, 1.165) is 55.3 Å². The Labute approximate surface area is 160 Å². The van der Waals surface area contributed by atoms with Crippen molar-refractivity contribution in [1.82, 2.24) is 14.9 Å². The van der Waals surface area contributed by atoms with E-state index in [9.17, 15) is 9.18 Å². The van der Waals surface area contributed by atoms with Crippen LogP contribution in [0.2, 0.25) is 0 Å². The van der Waals surface area contributed by atoms with Crippen LogP contribution in [-0.2, 0) is 17.6 Å². The number of aromatic nitrogens is 2. The molecule has 0 bridgehead atoms. The van der Waals surface area contributed by atoms with E-state index < -0.39 is 0 Å². The molecule has 1 amide bonds. The highest BCUT2D eigenvalue weighted by atomic mass is 19.1. The van der Waals surface area contributed by atoms with Gasteiger partial charge in [-0.3, -0.25) is 4.79 Å². The molecule has 27 heavy (non-hydrogen) atoms. The Morgan fingerprint density at radius 1 is 1.19 bits per heavy atom. The SMILES string of the molecule is Cc1nc(CC2CCN(C(=O)Cc3ccc(F)cc3)CC2)cc(N(C)C)n1. The number of nitrogens with zero attached hydrogens (tertiary/aromatic N) is 4. The van der Waals surface area contributed by atoms with E-state index in [1.807, 2.05) is 30.8 Å². The van der Waals surface area contributed by atoms with Gasteiger partial charge < -0.3 is 9.80 Å². The van der Waals surface area contributed by atoms with Crippen LogP contribution in [0, 0.1) is 18.7 Å². The molecule has 0 saturated carbocycles. The highest BCUT2D eigenvalue weighted by Crippen LogP contribution is 2.23. The average molecular weight is 370 g/mol. The van der Waals surface area contributed by atoms with Gasteiger partial charge in [0.2, 0.25) is 5.91 Å². The summed E-state index contributed by atoms with van der Waals surface area (Å²) >= 11 is 0. The molecule has 1 saturated heterocycles. The molecule has 0 unspecified atom stereocenters. The number of carbonyl (C=O) groups excluding carboxylic acids is 1. The molecule has 0 spiro atoms. The Bertz CT molecular complexity index is 783. The molecule has 1 aliphatic heterocycles. The van der Waals surface area contributed by atoms with Crippen LogP contribution in [-0.4, -0.2) is 48.0 Å². The number of halogens is 1. The van der Waals surface area contributed by atoms with E-state index in [1.54, 1.807) is 12.1 Å². The van der Waals surface area contributed by atoms with Crippen LogP contribution in [0.3, 0.4) is 0 Å². The number of likely N-dealkylation sites (tertiary alicyclic amines) is 1. The average Bonchev–Trinajstić information content (AvgIpc) is 2.63. The molecule has 0 radical (unpaired) electrons. The van der Waals surface area contributed by atoms with Crippen molar-refractivity contribution in [3.63, 3.8) is 0 Å². The van der Waals surface area contributed by atoms with E-state index in [-0.39, 0.29) is 11.7 Å². The van der Waals surface area contributed by atoms with Crippen LogP contribution in [0.25, 0.3) is 0 Å². The van der Waals surface area contributed by atoms with Crippen LogP contribution in [0.4, 0.5) is 10.2 Å². The fourth-order valence-corrected chi connectivity index (χ4v) is 3.52. The standard InChI is InChI=1S/C21H27FN4O/c1-15-23-19(14-20(24-15)25(2)3)12-17-8-10-26(11-9-17)21(27)13-16-4-6-18(22)7-5-16/h4-7,14,17H,8-13H2,1-3H3. The van der Waals surface area contributed by atoms with Crippen molar-refractivity contribution in [1.29, 1.82) is 0 Å². The van der Waals surface area contributed by atoms with Crippen molar-refractivity contribution in [2.45, 2.75) is 32.6 Å². The number of rotatable bonds is 5. The minimum absolute atomic E-state index is 0.118. The van der Waals surface area contributed by atoms with Gasteiger partial charge in [0.25, 0.3) is 0 Å². The summed E-state index contributed by atoms with van der Waals surface area (Å²) in [5.74, 6) is 2.11. The first-order valence-corrected chi connectivity index (χ1v) is 9.45. The van der Waals surface area contributed by atoms with Crippen LogP contribution in [0.5, 0.6) is 0 Å². The lowest BCUT2D eigenvalue weighted by molar-refractivity contribution is -0.131. The summed E-state index contributed by atoms with van der Waals surface area (Å²) in [4.78, 5) is 25.4. The minimum atomic E-state index is -0.274. The number of carbonyl (C=O) groups is 1. The number of aryl methyl sites for hydroxylation is 1. The van der Waals surface area contributed by atoms with Gasteiger partial charge in [0.05, 0.1) is 6.42 Å². The highest BCUT2D eigenvalue weighted by molar-refractivity contribution is 5.78. The highest BCUT2D eigenvalue weighted by Gasteiger charge is 2.23. The van der Waals surface area contributed by atoms with Crippen LogP contribution in [0.15, 0.2) is 30.3 Å². The molecule has 1 fully saturated rings. The molecule has 144 valence electrons. The summed E-state index contributed by atoms with van der Waals surface area (Å²) < 4.78 is 13.0. The number of hydrogen-bond donors (Lipinski definition) is 0. The van der Waals surface area contributed by atoms with Crippen LogP contribution < -0.4 is 4.90 Å². The summed E-state index contributed by atoms with van der Waals surface area (Å²) in [6, 6.07) is 8.22. The van der Waals surface area contributed by atoms with E-state index in [0.29, 0.717) is 12.3 Å². The maximum Gasteiger partial charge on any atom is 0.226 e. The Morgan fingerprint density at radius 3 is 2.48 bits per heavy atom. The largest absolute Gasteiger partial charge is 0.363 e. The molecule has 1 aromatic heterocycles. The van der Waals surface area contributed by atoms with Gasteiger partial charge in [0, 0.05) is 38.9 Å². The summed E-state index contributed by atoms with van der Waals surface area (Å²) in [5, 5.41) is 0. The van der Waals surface area contributed by atoms with Crippen molar-refractivity contribution in [3.05, 3.63) is 53.2 Å². The number of benzene rings is 1. The second kappa shape index (κ2) is 8.46. The monoisotopic (exact) mass is 370 g/mol. The third-order valence-electron chi connectivity index (χ3n) is 5.07. The normalized spacial score (nSPS) is 15.0. The summed E-state index contributed by atoms with van der Waals surface area (Å²) in [6.45, 7) is 3.47. The van der Waals surface area contributed by atoms with Gasteiger partial charge in [0.15, 0.2) is 0 Å². The fourth-order valence-electron chi connectivity index (χ4n) is 3.52. The number of anilines is 1. The van der Waals surface area contributed by atoms with Crippen molar-refractivity contribution >= 4 is 11.7 Å². The van der Waals surface area contributed by atoms with Gasteiger partial charge in [-0.1, -0.05) is 12.1 Å². The summed E-state index contributed by atoms with van der Waals surface area (Å²) in [7, 11) is 3.97. The lowest BCUT2D eigenvalue weighted by Crippen LogP contribution is -2.39. The van der Waals surface area contributed by atoms with Crippen LogP contribution in [0.1, 0.15) is 29.9 Å². The number of piperidine rings is 1. The van der Waals surface area contributed by atoms with Gasteiger partial charge >= 0.3 is 0 Å². The molecular weight excluding hydrogens is 343 g/mol. The first-order valence-electron chi connectivity index (χ1n) is 9.45. The quantitative estimate of drug-likeness (QED) is 0.812. The Kier molecular flexibility index (Phi) is 6.04. The molecule has 1 aliphatic rings. The van der Waals surface area contributed by atoms with Gasteiger partial charge in [-0.05, 0) is 49.8 Å². The third kappa shape index (κ3) is 5.25. The summed E-state index contributed by atoms with van der Waals surface area (Å²) in [6.07, 6.45) is 3.22. The molecule has 5 nitrogen and oxygen atoms in total. The molecule has 2 heterocycles. The predicted octanol–water partition coefficient (Wildman–Crippen LogP) is 3.01. The maximum absolute atomic E-state index is 13.0. The van der Waals surface area contributed by atoms with E-state index in [2.05, 4.69) is 16.0 Å². The fraction of sp³-hybridized carbons (Fsp3) is 0.476. The second-order valence-electron chi connectivity index (χ2n) is 7.49. The van der Waals surface area contributed by atoms with Crippen molar-refractivity contribution in [3.8, 4) is 0 Å². The second-order valence-corrected chi connectivity index (χ2v) is 7.49. The smallest absolute Gasteiger partial charge is 0.226 e. The first-order chi connectivity index (χ1) is 12.9. The number of amides is 1. The molecular formula is C21H27FN4O. The van der Waals surface area contributed by atoms with Gasteiger partial charge in [-0.15, -0.1) is 0 Å². The molecule has 2 aromatic rings. The number of hydrogen-bond acceptors (Lipinski definition) is 4. The molecule has 0 N–H and O–H groups in total. The topological polar surface area (TPSA) is 49.3 Å². The maximum atomic E-state index is 13.0. The predicted molar refractivity (Wildman–Crippen MR) is 104 cm³/mol. The van der Waals surface area contributed by atoms with E-state index >= 15 is 0 Å². The third-order valence-corrected chi connectivity index (χ3v) is 5.07. The summed E-state index contributed by atoms with van der Waals surface area (Å²) in [5.41, 5.74) is 1.93. The molecule has 0 aliphatic carbocycles. The Balaban J connectivity index is 1.53. The zero-order valence-corrected chi connectivity index (χ0v) is 16.3. The lowest BCUT2D eigenvalue weighted by atomic mass is 9.91. The Hall–Kier alpha value is -2.50. The zero-order chi connectivity index (χ0) is 19.4. The minimum Gasteiger partial charge on any atom is -0.363 e. The zero-order valence-electron chi connectivity index (χ0n) is 16.3. The van der Waals surface area contributed by atoms with E-state index in [4.69, 9.17) is 0 Å². The Morgan fingerprint density at radius 2 is 1.85 bits per heavy atom. The van der Waals surface area contributed by atoms with Crippen molar-refractivity contribution < 1.29 is 9.18 Å². The molecule has 1 aromatic carbocycles. The van der Waals surface area contributed by atoms with Crippen LogP contribution >= 0.6 is 0 Å². The lowest BCUT2D eigenvalue weighted by Gasteiger charge is -2.32. The van der Waals surface area contributed by atoms with E-state index in [1.165, 1.54) is 12.1 Å². The molecule has 6 heteroatoms.